The molecule has 28 heavy (non-hydrogen) atoms. The first-order chi connectivity index (χ1) is 13.2. The Morgan fingerprint density at radius 2 is 2.00 bits per heavy atom. The smallest absolute Gasteiger partial charge is 0.265 e. The molecule has 7 nitrogen and oxygen atoms in total. The van der Waals surface area contributed by atoms with Gasteiger partial charge in [0.05, 0.1) is 14.4 Å². The van der Waals surface area contributed by atoms with E-state index in [4.69, 9.17) is 0 Å². The van der Waals surface area contributed by atoms with Gasteiger partial charge in [0.1, 0.15) is 4.21 Å². The van der Waals surface area contributed by atoms with Gasteiger partial charge in [0.2, 0.25) is 5.91 Å². The van der Waals surface area contributed by atoms with E-state index >= 15 is 0 Å². The number of thiazole rings is 1. The fraction of sp³-hybridized carbons (Fsp3) is 0.529. The Kier molecular flexibility index (Phi) is 6.93. The fourth-order valence-corrected chi connectivity index (χ4v) is 8.43. The average Bonchev–Trinajstić information content (AvgIpc) is 3.18. The van der Waals surface area contributed by atoms with E-state index in [1.54, 1.807) is 6.07 Å². The zero-order chi connectivity index (χ0) is 20.5. The molecule has 1 fully saturated rings. The number of rotatable bonds is 6. The number of sulfonamides is 1. The lowest BCUT2D eigenvalue weighted by atomic mass is 10.2. The molecule has 1 aliphatic rings. The fourth-order valence-electron chi connectivity index (χ4n) is 3.21. The van der Waals surface area contributed by atoms with E-state index in [2.05, 4.69) is 26.2 Å². The first-order valence-corrected chi connectivity index (χ1v) is 12.9. The van der Waals surface area contributed by atoms with Crippen LogP contribution in [0.5, 0.6) is 0 Å². The van der Waals surface area contributed by atoms with Gasteiger partial charge in [-0.2, -0.15) is 0 Å². The number of aryl methyl sites for hydroxylation is 1. The quantitative estimate of drug-likeness (QED) is 0.630. The molecule has 0 unspecified atom stereocenters. The lowest BCUT2D eigenvalue weighted by molar-refractivity contribution is -0.114. The van der Waals surface area contributed by atoms with Gasteiger partial charge in [0.15, 0.2) is 5.13 Å². The van der Waals surface area contributed by atoms with Crippen molar-refractivity contribution in [3.63, 3.8) is 0 Å². The van der Waals surface area contributed by atoms with Crippen LogP contribution in [0.1, 0.15) is 38.8 Å². The maximum absolute atomic E-state index is 13.3. The highest BCUT2D eigenvalue weighted by Crippen LogP contribution is 2.43. The minimum Gasteiger partial charge on any atom is -0.302 e. The standard InChI is InChI=1S/C17H23BrN4O3S3/c1-4-22(21-8-6-5-7-9-21)28(24,25)14-10-13(16(18)26-14)15-11(2)19-17(27-15)20-12(3)23/h10H,4-9H2,1-3H3,(H,19,20,23). The van der Waals surface area contributed by atoms with Gasteiger partial charge in [-0.25, -0.2) is 18.4 Å². The van der Waals surface area contributed by atoms with E-state index in [1.165, 1.54) is 34.0 Å². The third-order valence-electron chi connectivity index (χ3n) is 4.44. The molecule has 2 aromatic rings. The normalized spacial score (nSPS) is 15.9. The molecule has 1 amide bonds. The summed E-state index contributed by atoms with van der Waals surface area (Å²) in [7, 11) is -3.62. The summed E-state index contributed by atoms with van der Waals surface area (Å²) < 4.78 is 29.1. The summed E-state index contributed by atoms with van der Waals surface area (Å²) in [6.07, 6.45) is 3.17. The summed E-state index contributed by atoms with van der Waals surface area (Å²) in [6.45, 7) is 7.08. The van der Waals surface area contributed by atoms with Crippen LogP contribution in [0.15, 0.2) is 14.1 Å². The first kappa shape index (κ1) is 21.8. The molecule has 3 heterocycles. The second kappa shape index (κ2) is 8.88. The van der Waals surface area contributed by atoms with Crippen molar-refractivity contribution in [1.29, 1.82) is 0 Å². The van der Waals surface area contributed by atoms with Crippen molar-refractivity contribution < 1.29 is 13.2 Å². The third kappa shape index (κ3) is 4.49. The number of halogens is 1. The molecule has 0 bridgehead atoms. The van der Waals surface area contributed by atoms with Crippen LogP contribution >= 0.6 is 38.6 Å². The number of anilines is 1. The number of carbonyl (C=O) groups excluding carboxylic acids is 1. The van der Waals surface area contributed by atoms with Crippen LogP contribution in [0.2, 0.25) is 0 Å². The Labute approximate surface area is 181 Å². The number of aromatic nitrogens is 1. The topological polar surface area (TPSA) is 82.6 Å². The highest BCUT2D eigenvalue weighted by Gasteiger charge is 2.32. The van der Waals surface area contributed by atoms with Gasteiger partial charge >= 0.3 is 0 Å². The predicted molar refractivity (Wildman–Crippen MR) is 117 cm³/mol. The van der Waals surface area contributed by atoms with Crippen LogP contribution in [0.4, 0.5) is 5.13 Å². The summed E-state index contributed by atoms with van der Waals surface area (Å²) in [6, 6.07) is 1.70. The number of carbonyl (C=O) groups is 1. The largest absolute Gasteiger partial charge is 0.302 e. The van der Waals surface area contributed by atoms with Crippen LogP contribution in [-0.4, -0.2) is 48.4 Å². The SMILES string of the molecule is CCN(N1CCCCC1)S(=O)(=O)c1cc(-c2sc(NC(C)=O)nc2C)c(Br)s1. The van der Waals surface area contributed by atoms with Crippen LogP contribution in [0.25, 0.3) is 10.4 Å². The molecule has 0 saturated carbocycles. The summed E-state index contributed by atoms with van der Waals surface area (Å²) in [5, 5.41) is 5.14. The molecular weight excluding hydrogens is 484 g/mol. The van der Waals surface area contributed by atoms with Crippen molar-refractivity contribution in [3.05, 3.63) is 15.5 Å². The van der Waals surface area contributed by atoms with E-state index in [9.17, 15) is 13.2 Å². The van der Waals surface area contributed by atoms with Crippen molar-refractivity contribution in [3.8, 4) is 10.4 Å². The zero-order valence-electron chi connectivity index (χ0n) is 16.0. The van der Waals surface area contributed by atoms with Gasteiger partial charge in [-0.1, -0.05) is 17.8 Å². The summed E-state index contributed by atoms with van der Waals surface area (Å²) in [5.74, 6) is -0.187. The first-order valence-electron chi connectivity index (χ1n) is 9.06. The Hall–Kier alpha value is -0.850. The maximum Gasteiger partial charge on any atom is 0.265 e. The lowest BCUT2D eigenvalue weighted by Gasteiger charge is -2.35. The highest BCUT2D eigenvalue weighted by molar-refractivity contribution is 9.11. The Balaban J connectivity index is 1.94. The molecule has 0 atom stereocenters. The number of hydrogen-bond acceptors (Lipinski definition) is 7. The number of hydrogen-bond donors (Lipinski definition) is 1. The average molecular weight is 508 g/mol. The monoisotopic (exact) mass is 506 g/mol. The van der Waals surface area contributed by atoms with Gasteiger partial charge in [0.25, 0.3) is 10.0 Å². The molecule has 1 N–H and O–H groups in total. The van der Waals surface area contributed by atoms with E-state index in [0.29, 0.717) is 15.9 Å². The zero-order valence-corrected chi connectivity index (χ0v) is 20.0. The van der Waals surface area contributed by atoms with Crippen molar-refractivity contribution in [2.24, 2.45) is 0 Å². The number of piperidine rings is 1. The number of amides is 1. The van der Waals surface area contributed by atoms with Gasteiger partial charge in [-0.3, -0.25) is 4.79 Å². The summed E-state index contributed by atoms with van der Waals surface area (Å²) >= 11 is 6.06. The maximum atomic E-state index is 13.3. The molecular formula is C17H23BrN4O3S3. The Bertz CT molecular complexity index is 964. The van der Waals surface area contributed by atoms with Crippen LogP contribution < -0.4 is 5.32 Å². The van der Waals surface area contributed by atoms with Crippen molar-refractivity contribution in [1.82, 2.24) is 14.4 Å². The van der Waals surface area contributed by atoms with Crippen molar-refractivity contribution >= 4 is 59.7 Å². The molecule has 3 rings (SSSR count). The number of hydrazine groups is 1. The van der Waals surface area contributed by atoms with E-state index in [1.807, 2.05) is 18.9 Å². The molecule has 154 valence electrons. The Morgan fingerprint density at radius 3 is 2.61 bits per heavy atom. The third-order valence-corrected chi connectivity index (χ3v) is 9.73. The lowest BCUT2D eigenvalue weighted by Crippen LogP contribution is -2.48. The van der Waals surface area contributed by atoms with E-state index in [-0.39, 0.29) is 5.91 Å². The van der Waals surface area contributed by atoms with Crippen LogP contribution in [-0.2, 0) is 14.8 Å². The number of nitrogens with one attached hydrogen (secondary N) is 1. The van der Waals surface area contributed by atoms with E-state index in [0.717, 1.165) is 52.3 Å². The van der Waals surface area contributed by atoms with Crippen molar-refractivity contribution in [2.45, 2.75) is 44.2 Å². The molecule has 0 aliphatic carbocycles. The summed E-state index contributed by atoms with van der Waals surface area (Å²) in [5.41, 5.74) is 1.53. The molecule has 2 aromatic heterocycles. The molecule has 0 spiro atoms. The molecule has 1 saturated heterocycles. The predicted octanol–water partition coefficient (Wildman–Crippen LogP) is 4.31. The van der Waals surface area contributed by atoms with Gasteiger partial charge in [-0.15, -0.1) is 15.8 Å². The second-order valence-electron chi connectivity index (χ2n) is 6.53. The summed E-state index contributed by atoms with van der Waals surface area (Å²) in [4.78, 5) is 16.5. The minimum absolute atomic E-state index is 0.187. The van der Waals surface area contributed by atoms with E-state index < -0.39 is 10.0 Å². The number of nitrogens with zero attached hydrogens (tertiary/aromatic N) is 3. The van der Waals surface area contributed by atoms with Crippen molar-refractivity contribution in [2.75, 3.05) is 25.0 Å². The van der Waals surface area contributed by atoms with Gasteiger partial charge in [0, 0.05) is 32.1 Å². The second-order valence-corrected chi connectivity index (χ2v) is 12.0. The van der Waals surface area contributed by atoms with Gasteiger partial charge in [-0.05, 0) is 48.7 Å². The van der Waals surface area contributed by atoms with Crippen LogP contribution in [0, 0.1) is 6.92 Å². The highest BCUT2D eigenvalue weighted by atomic mass is 79.9. The molecule has 0 aromatic carbocycles. The number of thiophene rings is 1. The molecule has 0 radical (unpaired) electrons. The molecule has 11 heteroatoms. The molecule has 1 aliphatic heterocycles. The minimum atomic E-state index is -3.62. The van der Waals surface area contributed by atoms with Crippen LogP contribution in [0.3, 0.4) is 0 Å². The Morgan fingerprint density at radius 1 is 1.32 bits per heavy atom. The van der Waals surface area contributed by atoms with Gasteiger partial charge < -0.3 is 5.32 Å².